The number of nitrogens with zero attached hydrogens (tertiary/aromatic N) is 1. The molecule has 6 heteroatoms. The number of hydrogen-bond acceptors (Lipinski definition) is 2. The lowest BCUT2D eigenvalue weighted by molar-refractivity contribution is -0.384. The molecule has 1 aromatic carbocycles. The third-order valence-electron chi connectivity index (χ3n) is 1.47. The highest BCUT2D eigenvalue weighted by molar-refractivity contribution is 14.1. The van der Waals surface area contributed by atoms with Gasteiger partial charge in [0.2, 0.25) is 0 Å². The molecule has 0 aromatic heterocycles. The van der Waals surface area contributed by atoms with Crippen LogP contribution < -0.4 is 0 Å². The molecule has 0 saturated heterocycles. The number of nitro benzene ring substituents is 1. The molecule has 0 amide bonds. The van der Waals surface area contributed by atoms with Crippen molar-refractivity contribution in [1.29, 1.82) is 0 Å². The molecule has 1 rings (SSSR count). The molecular formula is C7H4Cl2INO2. The maximum atomic E-state index is 10.4. The van der Waals surface area contributed by atoms with Crippen molar-refractivity contribution in [2.45, 2.75) is 5.88 Å². The molecular weight excluding hydrogens is 328 g/mol. The number of halogens is 3. The Morgan fingerprint density at radius 3 is 2.54 bits per heavy atom. The zero-order valence-electron chi connectivity index (χ0n) is 6.26. The molecule has 0 radical (unpaired) electrons. The topological polar surface area (TPSA) is 43.1 Å². The molecule has 0 spiro atoms. The van der Waals surface area contributed by atoms with E-state index < -0.39 is 4.92 Å². The molecule has 0 N–H and O–H groups in total. The second-order valence-corrected chi connectivity index (χ2v) is 4.12. The molecule has 0 heterocycles. The predicted molar refractivity (Wildman–Crippen MR) is 60.4 cm³/mol. The number of alkyl halides is 1. The Balaban J connectivity index is 3.28. The molecule has 0 unspecified atom stereocenters. The average molecular weight is 332 g/mol. The van der Waals surface area contributed by atoms with Crippen LogP contribution in [0.5, 0.6) is 0 Å². The summed E-state index contributed by atoms with van der Waals surface area (Å²) < 4.78 is 0.715. The SMILES string of the molecule is O=[N+]([O-])c1cc(Cl)c(CCl)c(I)c1. The van der Waals surface area contributed by atoms with Gasteiger partial charge in [-0.2, -0.15) is 0 Å². The number of hydrogen-bond donors (Lipinski definition) is 0. The fourth-order valence-electron chi connectivity index (χ4n) is 0.823. The first-order valence-electron chi connectivity index (χ1n) is 3.24. The lowest BCUT2D eigenvalue weighted by Gasteiger charge is -2.02. The van der Waals surface area contributed by atoms with Crippen LogP contribution in [0.3, 0.4) is 0 Å². The first-order valence-corrected chi connectivity index (χ1v) is 5.23. The van der Waals surface area contributed by atoms with E-state index in [1.165, 1.54) is 12.1 Å². The molecule has 3 nitrogen and oxygen atoms in total. The van der Waals surface area contributed by atoms with Gasteiger partial charge in [-0.1, -0.05) is 11.6 Å². The van der Waals surface area contributed by atoms with Crippen LogP contribution in [-0.2, 0) is 5.88 Å². The zero-order chi connectivity index (χ0) is 10.0. The minimum Gasteiger partial charge on any atom is -0.258 e. The molecule has 0 fully saturated rings. The van der Waals surface area contributed by atoms with Gasteiger partial charge in [0.25, 0.3) is 5.69 Å². The summed E-state index contributed by atoms with van der Waals surface area (Å²) in [6.45, 7) is 0. The monoisotopic (exact) mass is 331 g/mol. The standard InChI is InChI=1S/C7H4Cl2INO2/c8-3-5-6(9)1-4(11(12)13)2-7(5)10/h1-2H,3H2. The first-order chi connectivity index (χ1) is 6.06. The van der Waals surface area contributed by atoms with Crippen molar-refractivity contribution in [2.75, 3.05) is 0 Å². The molecule has 0 aliphatic rings. The maximum Gasteiger partial charge on any atom is 0.271 e. The second kappa shape index (κ2) is 4.43. The van der Waals surface area contributed by atoms with Gasteiger partial charge in [-0.05, 0) is 28.2 Å². The van der Waals surface area contributed by atoms with Crippen molar-refractivity contribution in [3.05, 3.63) is 36.4 Å². The quantitative estimate of drug-likeness (QED) is 0.360. The van der Waals surface area contributed by atoms with Gasteiger partial charge < -0.3 is 0 Å². The fourth-order valence-corrected chi connectivity index (χ4v) is 2.64. The Labute approximate surface area is 98.3 Å². The summed E-state index contributed by atoms with van der Waals surface area (Å²) in [5.41, 5.74) is 0.720. The normalized spacial score (nSPS) is 10.1. The molecule has 0 aliphatic carbocycles. The summed E-state index contributed by atoms with van der Waals surface area (Å²) in [6.07, 6.45) is 0. The van der Waals surface area contributed by atoms with Gasteiger partial charge in [-0.3, -0.25) is 10.1 Å². The van der Waals surface area contributed by atoms with Crippen LogP contribution in [0.15, 0.2) is 12.1 Å². The summed E-state index contributed by atoms with van der Waals surface area (Å²) in [5, 5.41) is 10.8. The van der Waals surface area contributed by atoms with Crippen molar-refractivity contribution < 1.29 is 4.92 Å². The smallest absolute Gasteiger partial charge is 0.258 e. The number of benzene rings is 1. The van der Waals surface area contributed by atoms with Crippen LogP contribution in [0.1, 0.15) is 5.56 Å². The zero-order valence-corrected chi connectivity index (χ0v) is 9.93. The minimum atomic E-state index is -0.480. The van der Waals surface area contributed by atoms with E-state index in [4.69, 9.17) is 23.2 Å². The summed E-state index contributed by atoms with van der Waals surface area (Å²) >= 11 is 13.4. The number of nitro groups is 1. The Bertz CT molecular complexity index is 333. The van der Waals surface area contributed by atoms with Gasteiger partial charge in [0.15, 0.2) is 0 Å². The van der Waals surface area contributed by atoms with E-state index in [2.05, 4.69) is 0 Å². The number of non-ortho nitro benzene ring substituents is 1. The lowest BCUT2D eigenvalue weighted by atomic mass is 10.2. The van der Waals surface area contributed by atoms with Gasteiger partial charge in [0.1, 0.15) is 0 Å². The van der Waals surface area contributed by atoms with Gasteiger partial charge in [-0.25, -0.2) is 0 Å². The van der Waals surface area contributed by atoms with Crippen LogP contribution in [0.2, 0.25) is 5.02 Å². The molecule has 0 atom stereocenters. The van der Waals surface area contributed by atoms with Crippen molar-refractivity contribution >= 4 is 51.5 Å². The van der Waals surface area contributed by atoms with Gasteiger partial charge in [-0.15, -0.1) is 11.6 Å². The van der Waals surface area contributed by atoms with E-state index in [1.54, 1.807) is 0 Å². The molecule has 0 saturated carbocycles. The fraction of sp³-hybridized carbons (Fsp3) is 0.143. The molecule has 70 valence electrons. The highest BCUT2D eigenvalue weighted by Crippen LogP contribution is 2.28. The molecule has 13 heavy (non-hydrogen) atoms. The third-order valence-corrected chi connectivity index (χ3v) is 3.04. The minimum absolute atomic E-state index is 0.0109. The van der Waals surface area contributed by atoms with Gasteiger partial charge in [0, 0.05) is 21.6 Å². The van der Waals surface area contributed by atoms with Crippen LogP contribution in [0.25, 0.3) is 0 Å². The first kappa shape index (κ1) is 11.0. The second-order valence-electron chi connectivity index (χ2n) is 2.28. The summed E-state index contributed by atoms with van der Waals surface area (Å²) in [4.78, 5) is 9.94. The summed E-state index contributed by atoms with van der Waals surface area (Å²) in [5.74, 6) is 0.259. The van der Waals surface area contributed by atoms with E-state index in [0.717, 1.165) is 5.56 Å². The van der Waals surface area contributed by atoms with Crippen LogP contribution in [-0.4, -0.2) is 4.92 Å². The Morgan fingerprint density at radius 1 is 1.54 bits per heavy atom. The van der Waals surface area contributed by atoms with Crippen LogP contribution in [0.4, 0.5) is 5.69 Å². The largest absolute Gasteiger partial charge is 0.271 e. The Morgan fingerprint density at radius 2 is 2.15 bits per heavy atom. The number of rotatable bonds is 2. The van der Waals surface area contributed by atoms with Crippen molar-refractivity contribution in [3.63, 3.8) is 0 Å². The Kier molecular flexibility index (Phi) is 3.75. The Hall–Kier alpha value is -0.0700. The van der Waals surface area contributed by atoms with E-state index >= 15 is 0 Å². The van der Waals surface area contributed by atoms with E-state index in [0.29, 0.717) is 8.59 Å². The maximum absolute atomic E-state index is 10.4. The van der Waals surface area contributed by atoms with Crippen LogP contribution in [0, 0.1) is 13.7 Å². The molecule has 1 aromatic rings. The van der Waals surface area contributed by atoms with Crippen molar-refractivity contribution in [2.24, 2.45) is 0 Å². The highest BCUT2D eigenvalue weighted by Gasteiger charge is 2.12. The van der Waals surface area contributed by atoms with Crippen LogP contribution >= 0.6 is 45.8 Å². The summed E-state index contributed by atoms with van der Waals surface area (Å²) in [7, 11) is 0. The molecule has 0 bridgehead atoms. The molecule has 0 aliphatic heterocycles. The van der Waals surface area contributed by atoms with E-state index in [1.807, 2.05) is 22.6 Å². The predicted octanol–water partition coefficient (Wildman–Crippen LogP) is 3.59. The summed E-state index contributed by atoms with van der Waals surface area (Å²) in [6, 6.07) is 2.76. The van der Waals surface area contributed by atoms with E-state index in [9.17, 15) is 10.1 Å². The average Bonchev–Trinajstić information content (AvgIpc) is 2.03. The van der Waals surface area contributed by atoms with Gasteiger partial charge >= 0.3 is 0 Å². The lowest BCUT2D eigenvalue weighted by Crippen LogP contribution is -1.92. The van der Waals surface area contributed by atoms with E-state index in [-0.39, 0.29) is 11.6 Å². The highest BCUT2D eigenvalue weighted by atomic mass is 127. The van der Waals surface area contributed by atoms with Crippen molar-refractivity contribution in [3.8, 4) is 0 Å². The van der Waals surface area contributed by atoms with Crippen molar-refractivity contribution in [1.82, 2.24) is 0 Å². The van der Waals surface area contributed by atoms with Gasteiger partial charge in [0.05, 0.1) is 9.95 Å². The third kappa shape index (κ3) is 2.45.